The molecule has 0 radical (unpaired) electrons. The molecule has 0 aliphatic carbocycles. The largest absolute Gasteiger partial charge is 0.366 e. The number of sulfone groups is 1. The molecular weight excluding hydrogens is 354 g/mol. The van der Waals surface area contributed by atoms with Gasteiger partial charge in [-0.25, -0.2) is 8.42 Å². The molecule has 134 valence electrons. The van der Waals surface area contributed by atoms with E-state index >= 15 is 0 Å². The van der Waals surface area contributed by atoms with Crippen molar-refractivity contribution in [1.82, 2.24) is 5.32 Å². The fourth-order valence-electron chi connectivity index (χ4n) is 1.95. The van der Waals surface area contributed by atoms with Crippen molar-refractivity contribution >= 4 is 38.0 Å². The number of rotatable bonds is 4. The predicted octanol–water partition coefficient (Wildman–Crippen LogP) is 0.551. The van der Waals surface area contributed by atoms with Gasteiger partial charge in [0.15, 0.2) is 5.44 Å². The Morgan fingerprint density at radius 1 is 1.42 bits per heavy atom. The molecule has 0 saturated carbocycles. The molecule has 1 fully saturated rings. The minimum absolute atomic E-state index is 0.0278. The van der Waals surface area contributed by atoms with E-state index in [1.54, 1.807) is 20.8 Å². The lowest BCUT2D eigenvalue weighted by Crippen LogP contribution is -2.42. The fraction of sp³-hybridized carbons (Fsp3) is 0.571. The lowest BCUT2D eigenvalue weighted by Gasteiger charge is -2.22. The maximum atomic E-state index is 12.6. The number of morpholine rings is 1. The second kappa shape index (κ2) is 6.79. The van der Waals surface area contributed by atoms with Gasteiger partial charge in [-0.3, -0.25) is 9.59 Å². The van der Waals surface area contributed by atoms with Crippen LogP contribution in [0.15, 0.2) is 10.3 Å². The minimum Gasteiger partial charge on any atom is -0.366 e. The summed E-state index contributed by atoms with van der Waals surface area (Å²) >= 11 is 0.804. The summed E-state index contributed by atoms with van der Waals surface area (Å²) in [6.07, 6.45) is 0. The monoisotopic (exact) mass is 375 g/mol. The molecule has 1 saturated heterocycles. The first kappa shape index (κ1) is 18.8. The van der Waals surface area contributed by atoms with E-state index < -0.39 is 26.6 Å². The zero-order valence-corrected chi connectivity index (χ0v) is 15.3. The number of carbonyl (C=O) groups excluding carboxylic acids is 2. The van der Waals surface area contributed by atoms with Crippen molar-refractivity contribution in [1.29, 1.82) is 0 Å². The molecule has 0 spiro atoms. The molecule has 1 unspecified atom stereocenters. The van der Waals surface area contributed by atoms with Gasteiger partial charge in [-0.15, -0.1) is 11.3 Å². The van der Waals surface area contributed by atoms with Crippen LogP contribution in [0.5, 0.6) is 0 Å². The van der Waals surface area contributed by atoms with Crippen LogP contribution in [-0.4, -0.2) is 45.4 Å². The highest BCUT2D eigenvalue weighted by Gasteiger charge is 2.34. The van der Waals surface area contributed by atoms with Crippen molar-refractivity contribution in [3.8, 4) is 0 Å². The van der Waals surface area contributed by atoms with E-state index in [-0.39, 0.29) is 33.8 Å². The summed E-state index contributed by atoms with van der Waals surface area (Å²) < 4.78 is 30.5. The van der Waals surface area contributed by atoms with Gasteiger partial charge in [-0.05, 0) is 6.07 Å². The summed E-state index contributed by atoms with van der Waals surface area (Å²) in [5, 5.41) is 5.66. The van der Waals surface area contributed by atoms with Crippen LogP contribution in [0.3, 0.4) is 0 Å². The number of hydrogen-bond donors (Lipinski definition) is 3. The van der Waals surface area contributed by atoms with Crippen molar-refractivity contribution in [2.45, 2.75) is 30.4 Å². The molecule has 1 aliphatic heterocycles. The number of amides is 2. The normalized spacial score (nSPS) is 19.0. The molecule has 1 aromatic rings. The number of anilines is 1. The Labute approximate surface area is 144 Å². The van der Waals surface area contributed by atoms with Crippen LogP contribution >= 0.6 is 11.3 Å². The SMILES string of the molecule is CC(C)(C)C(=O)Nc1sc(S(=O)(=O)C2CNCCO2)cc1C(N)=O. The Kier molecular flexibility index (Phi) is 5.33. The third-order valence-corrected chi connectivity index (χ3v) is 6.87. The highest BCUT2D eigenvalue weighted by molar-refractivity contribution is 7.94. The highest BCUT2D eigenvalue weighted by atomic mass is 32.2. The lowest BCUT2D eigenvalue weighted by molar-refractivity contribution is -0.123. The third kappa shape index (κ3) is 3.94. The van der Waals surface area contributed by atoms with Crippen molar-refractivity contribution in [3.05, 3.63) is 11.6 Å². The number of nitrogens with two attached hydrogens (primary N) is 1. The van der Waals surface area contributed by atoms with E-state index in [0.29, 0.717) is 6.54 Å². The molecular formula is C14H21N3O5S2. The Bertz CT molecular complexity index is 743. The van der Waals surface area contributed by atoms with Crippen LogP contribution in [0.1, 0.15) is 31.1 Å². The molecule has 0 aromatic carbocycles. The van der Waals surface area contributed by atoms with E-state index in [1.165, 1.54) is 6.07 Å². The van der Waals surface area contributed by atoms with Crippen molar-refractivity contribution < 1.29 is 22.7 Å². The number of primary amides is 1. The Hall–Kier alpha value is -1.49. The third-order valence-electron chi connectivity index (χ3n) is 3.40. The maximum Gasteiger partial charge on any atom is 0.251 e. The Morgan fingerprint density at radius 3 is 2.58 bits per heavy atom. The summed E-state index contributed by atoms with van der Waals surface area (Å²) in [6.45, 7) is 6.15. The summed E-state index contributed by atoms with van der Waals surface area (Å²) in [6, 6.07) is 1.19. The standard InChI is InChI=1S/C14H21N3O5S2/c1-14(2,3)13(19)17-12-8(11(15)18)6-10(23-12)24(20,21)9-7-16-4-5-22-9/h6,9,16H,4-5,7H2,1-3H3,(H2,15,18)(H,17,19). The van der Waals surface area contributed by atoms with Crippen LogP contribution in [-0.2, 0) is 19.4 Å². The van der Waals surface area contributed by atoms with E-state index in [9.17, 15) is 18.0 Å². The average molecular weight is 375 g/mol. The summed E-state index contributed by atoms with van der Waals surface area (Å²) in [5.74, 6) is -1.15. The first-order chi connectivity index (χ1) is 11.0. The van der Waals surface area contributed by atoms with Crippen LogP contribution in [0.2, 0.25) is 0 Å². The summed E-state index contributed by atoms with van der Waals surface area (Å²) in [5.41, 5.74) is 3.55. The van der Waals surface area contributed by atoms with E-state index in [2.05, 4.69) is 10.6 Å². The number of thiophene rings is 1. The van der Waals surface area contributed by atoms with Gasteiger partial charge in [0.2, 0.25) is 15.7 Å². The topological polar surface area (TPSA) is 128 Å². The van der Waals surface area contributed by atoms with Crippen LogP contribution in [0.25, 0.3) is 0 Å². The highest BCUT2D eigenvalue weighted by Crippen LogP contribution is 2.34. The zero-order valence-electron chi connectivity index (χ0n) is 13.7. The summed E-state index contributed by atoms with van der Waals surface area (Å²) in [7, 11) is -3.79. The van der Waals surface area contributed by atoms with Gasteiger partial charge < -0.3 is 21.1 Å². The van der Waals surface area contributed by atoms with Gasteiger partial charge in [0, 0.05) is 18.5 Å². The summed E-state index contributed by atoms with van der Waals surface area (Å²) in [4.78, 5) is 23.7. The molecule has 24 heavy (non-hydrogen) atoms. The number of ether oxygens (including phenoxy) is 1. The zero-order chi connectivity index (χ0) is 18.1. The van der Waals surface area contributed by atoms with Crippen LogP contribution in [0.4, 0.5) is 5.00 Å². The molecule has 1 atom stereocenters. The van der Waals surface area contributed by atoms with Crippen LogP contribution < -0.4 is 16.4 Å². The van der Waals surface area contributed by atoms with E-state index in [4.69, 9.17) is 10.5 Å². The van der Waals surface area contributed by atoms with Gasteiger partial charge in [0.1, 0.15) is 9.21 Å². The molecule has 1 aliphatic rings. The fourth-order valence-corrected chi connectivity index (χ4v) is 4.93. The molecule has 8 nitrogen and oxygen atoms in total. The number of hydrogen-bond acceptors (Lipinski definition) is 7. The van der Waals surface area contributed by atoms with E-state index in [0.717, 1.165) is 11.3 Å². The van der Waals surface area contributed by atoms with Gasteiger partial charge >= 0.3 is 0 Å². The number of nitrogens with one attached hydrogen (secondary N) is 2. The molecule has 4 N–H and O–H groups in total. The number of carbonyl (C=O) groups is 2. The van der Waals surface area contributed by atoms with Gasteiger partial charge in [0.25, 0.3) is 5.91 Å². The molecule has 10 heteroatoms. The molecule has 0 bridgehead atoms. The molecule has 2 rings (SSSR count). The second-order valence-corrected chi connectivity index (χ2v) is 9.79. The predicted molar refractivity (Wildman–Crippen MR) is 90.7 cm³/mol. The Balaban J connectivity index is 2.37. The van der Waals surface area contributed by atoms with Crippen molar-refractivity contribution in [2.75, 3.05) is 25.0 Å². The van der Waals surface area contributed by atoms with Crippen molar-refractivity contribution in [2.24, 2.45) is 11.1 Å². The quantitative estimate of drug-likeness (QED) is 0.705. The Morgan fingerprint density at radius 2 is 2.08 bits per heavy atom. The molecule has 1 aromatic heterocycles. The second-order valence-electron chi connectivity index (χ2n) is 6.43. The minimum atomic E-state index is -3.79. The van der Waals surface area contributed by atoms with Crippen molar-refractivity contribution in [3.63, 3.8) is 0 Å². The first-order valence-corrected chi connectivity index (χ1v) is 9.71. The molecule has 2 amide bonds. The van der Waals surface area contributed by atoms with Gasteiger partial charge in [0.05, 0.1) is 12.2 Å². The maximum absolute atomic E-state index is 12.6. The lowest BCUT2D eigenvalue weighted by atomic mass is 9.96. The van der Waals surface area contributed by atoms with Crippen LogP contribution in [0, 0.1) is 5.41 Å². The smallest absolute Gasteiger partial charge is 0.251 e. The first-order valence-electron chi connectivity index (χ1n) is 7.35. The average Bonchev–Trinajstić information content (AvgIpc) is 2.92. The van der Waals surface area contributed by atoms with Gasteiger partial charge in [-0.2, -0.15) is 0 Å². The van der Waals surface area contributed by atoms with E-state index in [1.807, 2.05) is 0 Å². The molecule has 2 heterocycles. The van der Waals surface area contributed by atoms with Gasteiger partial charge in [-0.1, -0.05) is 20.8 Å².